The Labute approximate surface area is 120 Å². The van der Waals surface area contributed by atoms with Crippen LogP contribution in [0.4, 0.5) is 0 Å². The van der Waals surface area contributed by atoms with E-state index in [0.29, 0.717) is 23.0 Å². The maximum atomic E-state index is 12.0. The van der Waals surface area contributed by atoms with Crippen molar-refractivity contribution in [1.82, 2.24) is 15.3 Å². The second-order valence-electron chi connectivity index (χ2n) is 4.36. The summed E-state index contributed by atoms with van der Waals surface area (Å²) in [4.78, 5) is 19.6. The normalized spacial score (nSPS) is 10.7. The number of hydrogen-bond donors (Lipinski definition) is 2. The molecule has 0 spiro atoms. The molecule has 0 unspecified atom stereocenters. The average molecular weight is 286 g/mol. The molecule has 0 radical (unpaired) electrons. The van der Waals surface area contributed by atoms with E-state index >= 15 is 0 Å². The SMILES string of the molecule is O=C(NCc1nc2ccccc2[nH]1)c1ccccc1Cl. The number of amides is 1. The molecule has 0 saturated heterocycles. The molecule has 0 aliphatic rings. The molecule has 20 heavy (non-hydrogen) atoms. The van der Waals surface area contributed by atoms with Gasteiger partial charge < -0.3 is 10.3 Å². The fourth-order valence-corrected chi connectivity index (χ4v) is 2.22. The topological polar surface area (TPSA) is 57.8 Å². The van der Waals surface area contributed by atoms with Crippen molar-refractivity contribution in [1.29, 1.82) is 0 Å². The molecule has 0 bridgehead atoms. The van der Waals surface area contributed by atoms with E-state index in [1.807, 2.05) is 24.3 Å². The van der Waals surface area contributed by atoms with Gasteiger partial charge >= 0.3 is 0 Å². The number of nitrogens with zero attached hydrogens (tertiary/aromatic N) is 1. The Hall–Kier alpha value is -2.33. The predicted octanol–water partition coefficient (Wildman–Crippen LogP) is 3.15. The lowest BCUT2D eigenvalue weighted by Crippen LogP contribution is -2.23. The van der Waals surface area contributed by atoms with Gasteiger partial charge in [-0.2, -0.15) is 0 Å². The summed E-state index contributed by atoms with van der Waals surface area (Å²) >= 11 is 5.98. The third-order valence-electron chi connectivity index (χ3n) is 2.97. The van der Waals surface area contributed by atoms with Gasteiger partial charge in [-0.15, -0.1) is 0 Å². The van der Waals surface area contributed by atoms with E-state index in [4.69, 9.17) is 11.6 Å². The highest BCUT2D eigenvalue weighted by Gasteiger charge is 2.10. The molecule has 1 heterocycles. The first kappa shape index (κ1) is 12.7. The number of halogens is 1. The van der Waals surface area contributed by atoms with Crippen LogP contribution in [0.15, 0.2) is 48.5 Å². The van der Waals surface area contributed by atoms with Crippen LogP contribution in [-0.2, 0) is 6.54 Å². The lowest BCUT2D eigenvalue weighted by molar-refractivity contribution is 0.0950. The molecule has 0 saturated carbocycles. The molecular weight excluding hydrogens is 274 g/mol. The second kappa shape index (κ2) is 5.35. The van der Waals surface area contributed by atoms with Gasteiger partial charge in [-0.1, -0.05) is 35.9 Å². The fraction of sp³-hybridized carbons (Fsp3) is 0.0667. The Morgan fingerprint density at radius 1 is 1.15 bits per heavy atom. The molecule has 3 aromatic rings. The van der Waals surface area contributed by atoms with Crippen molar-refractivity contribution in [2.24, 2.45) is 0 Å². The summed E-state index contributed by atoms with van der Waals surface area (Å²) in [6.07, 6.45) is 0. The number of aromatic amines is 1. The summed E-state index contributed by atoms with van der Waals surface area (Å²) < 4.78 is 0. The number of carbonyl (C=O) groups is 1. The van der Waals surface area contributed by atoms with Crippen LogP contribution in [0.3, 0.4) is 0 Å². The van der Waals surface area contributed by atoms with Crippen LogP contribution < -0.4 is 5.32 Å². The number of imidazole rings is 1. The van der Waals surface area contributed by atoms with Crippen LogP contribution in [0, 0.1) is 0 Å². The van der Waals surface area contributed by atoms with Gasteiger partial charge in [0.2, 0.25) is 0 Å². The van der Waals surface area contributed by atoms with Crippen molar-refractivity contribution in [2.75, 3.05) is 0 Å². The summed E-state index contributed by atoms with van der Waals surface area (Å²) in [5.74, 6) is 0.502. The first-order valence-corrected chi connectivity index (χ1v) is 6.58. The Bertz CT molecular complexity index is 733. The van der Waals surface area contributed by atoms with Crippen LogP contribution in [0.25, 0.3) is 11.0 Å². The molecule has 0 atom stereocenters. The molecule has 0 aliphatic carbocycles. The van der Waals surface area contributed by atoms with Crippen LogP contribution in [0.5, 0.6) is 0 Å². The van der Waals surface area contributed by atoms with E-state index in [0.717, 1.165) is 11.0 Å². The zero-order valence-corrected chi connectivity index (χ0v) is 11.3. The fourth-order valence-electron chi connectivity index (χ4n) is 1.99. The Morgan fingerprint density at radius 2 is 1.90 bits per heavy atom. The Kier molecular flexibility index (Phi) is 3.39. The number of benzene rings is 2. The van der Waals surface area contributed by atoms with Crippen molar-refractivity contribution >= 4 is 28.5 Å². The van der Waals surface area contributed by atoms with E-state index in [9.17, 15) is 4.79 Å². The zero-order valence-electron chi connectivity index (χ0n) is 10.6. The molecule has 0 aliphatic heterocycles. The summed E-state index contributed by atoms with van der Waals surface area (Å²) in [5, 5.41) is 3.24. The predicted molar refractivity (Wildman–Crippen MR) is 78.7 cm³/mol. The summed E-state index contributed by atoms with van der Waals surface area (Å²) in [6.45, 7) is 0.332. The Morgan fingerprint density at radius 3 is 2.70 bits per heavy atom. The van der Waals surface area contributed by atoms with Crippen LogP contribution in [0.1, 0.15) is 16.2 Å². The van der Waals surface area contributed by atoms with Crippen LogP contribution >= 0.6 is 11.6 Å². The second-order valence-corrected chi connectivity index (χ2v) is 4.77. The summed E-state index contributed by atoms with van der Waals surface area (Å²) in [7, 11) is 0. The number of fused-ring (bicyclic) bond motifs is 1. The minimum Gasteiger partial charge on any atom is -0.345 e. The zero-order chi connectivity index (χ0) is 13.9. The number of rotatable bonds is 3. The van der Waals surface area contributed by atoms with Gasteiger partial charge in [0.25, 0.3) is 5.91 Å². The van der Waals surface area contributed by atoms with Gasteiger partial charge in [-0.25, -0.2) is 4.98 Å². The number of aromatic nitrogens is 2. The molecule has 1 aromatic heterocycles. The summed E-state index contributed by atoms with van der Waals surface area (Å²) in [5.41, 5.74) is 2.30. The standard InChI is InChI=1S/C15H12ClN3O/c16-11-6-2-1-5-10(11)15(20)17-9-14-18-12-7-3-4-8-13(12)19-14/h1-8H,9H2,(H,17,20)(H,18,19). The number of para-hydroxylation sites is 2. The minimum absolute atomic E-state index is 0.212. The minimum atomic E-state index is -0.212. The molecular formula is C15H12ClN3O. The molecule has 5 heteroatoms. The Balaban J connectivity index is 1.73. The molecule has 100 valence electrons. The molecule has 3 rings (SSSR count). The maximum Gasteiger partial charge on any atom is 0.253 e. The van der Waals surface area contributed by atoms with E-state index in [2.05, 4.69) is 15.3 Å². The van der Waals surface area contributed by atoms with E-state index in [1.54, 1.807) is 24.3 Å². The molecule has 1 amide bonds. The highest BCUT2D eigenvalue weighted by atomic mass is 35.5. The molecule has 4 nitrogen and oxygen atoms in total. The average Bonchev–Trinajstić information content (AvgIpc) is 2.88. The van der Waals surface area contributed by atoms with E-state index in [1.165, 1.54) is 0 Å². The van der Waals surface area contributed by atoms with Gasteiger partial charge in [-0.05, 0) is 24.3 Å². The lowest BCUT2D eigenvalue weighted by atomic mass is 10.2. The number of nitrogens with one attached hydrogen (secondary N) is 2. The summed E-state index contributed by atoms with van der Waals surface area (Å²) in [6, 6.07) is 14.7. The highest BCUT2D eigenvalue weighted by Crippen LogP contribution is 2.15. The smallest absolute Gasteiger partial charge is 0.253 e. The number of carbonyl (C=O) groups excluding carboxylic acids is 1. The maximum absolute atomic E-state index is 12.0. The van der Waals surface area contributed by atoms with Crippen LogP contribution in [-0.4, -0.2) is 15.9 Å². The molecule has 0 fully saturated rings. The molecule has 2 N–H and O–H groups in total. The van der Waals surface area contributed by atoms with Gasteiger partial charge in [-0.3, -0.25) is 4.79 Å². The molecule has 2 aromatic carbocycles. The van der Waals surface area contributed by atoms with Gasteiger partial charge in [0.15, 0.2) is 0 Å². The third kappa shape index (κ3) is 2.51. The third-order valence-corrected chi connectivity index (χ3v) is 3.30. The van der Waals surface area contributed by atoms with Crippen LogP contribution in [0.2, 0.25) is 5.02 Å². The van der Waals surface area contributed by atoms with E-state index < -0.39 is 0 Å². The lowest BCUT2D eigenvalue weighted by Gasteiger charge is -2.04. The first-order chi connectivity index (χ1) is 9.74. The highest BCUT2D eigenvalue weighted by molar-refractivity contribution is 6.33. The van der Waals surface area contributed by atoms with Crippen molar-refractivity contribution < 1.29 is 4.79 Å². The number of H-pyrrole nitrogens is 1. The van der Waals surface area contributed by atoms with Gasteiger partial charge in [0.05, 0.1) is 28.2 Å². The largest absolute Gasteiger partial charge is 0.345 e. The van der Waals surface area contributed by atoms with Gasteiger partial charge in [0.1, 0.15) is 5.82 Å². The monoisotopic (exact) mass is 285 g/mol. The van der Waals surface area contributed by atoms with Crippen molar-refractivity contribution in [2.45, 2.75) is 6.54 Å². The first-order valence-electron chi connectivity index (χ1n) is 6.20. The van der Waals surface area contributed by atoms with Gasteiger partial charge in [0, 0.05) is 0 Å². The number of hydrogen-bond acceptors (Lipinski definition) is 2. The van der Waals surface area contributed by atoms with Crippen molar-refractivity contribution in [3.63, 3.8) is 0 Å². The van der Waals surface area contributed by atoms with Crippen molar-refractivity contribution in [3.05, 3.63) is 64.9 Å². The van der Waals surface area contributed by atoms with Crippen molar-refractivity contribution in [3.8, 4) is 0 Å². The van der Waals surface area contributed by atoms with E-state index in [-0.39, 0.29) is 5.91 Å². The quantitative estimate of drug-likeness (QED) is 0.777.